The average molecular weight is 278 g/mol. The highest BCUT2D eigenvalue weighted by Gasteiger charge is 2.24. The summed E-state index contributed by atoms with van der Waals surface area (Å²) in [6, 6.07) is 7.49. The second kappa shape index (κ2) is 7.41. The topological polar surface area (TPSA) is 52.6 Å². The molecule has 1 rings (SSSR count). The molecule has 112 valence electrons. The van der Waals surface area contributed by atoms with E-state index in [0.717, 1.165) is 11.1 Å². The number of carbonyl (C=O) groups is 1. The molecule has 4 heteroatoms. The van der Waals surface area contributed by atoms with E-state index in [1.165, 1.54) is 0 Å². The molecule has 2 N–H and O–H groups in total. The number of hydrogen-bond acceptors (Lipinski definition) is 3. The fourth-order valence-electron chi connectivity index (χ4n) is 2.51. The third-order valence-electron chi connectivity index (χ3n) is 3.47. The van der Waals surface area contributed by atoms with E-state index >= 15 is 0 Å². The van der Waals surface area contributed by atoms with Gasteiger partial charge in [-0.05, 0) is 38.1 Å². The van der Waals surface area contributed by atoms with Crippen molar-refractivity contribution in [1.29, 1.82) is 0 Å². The third kappa shape index (κ3) is 4.32. The molecular weight excluding hydrogens is 252 g/mol. The summed E-state index contributed by atoms with van der Waals surface area (Å²) in [6.45, 7) is 6.22. The Morgan fingerprint density at radius 3 is 2.40 bits per heavy atom. The quantitative estimate of drug-likeness (QED) is 0.833. The lowest BCUT2D eigenvalue weighted by atomic mass is 10.0. The van der Waals surface area contributed by atoms with Gasteiger partial charge < -0.3 is 10.4 Å². The lowest BCUT2D eigenvalue weighted by molar-refractivity contribution is -0.127. The van der Waals surface area contributed by atoms with Crippen LogP contribution in [0.25, 0.3) is 0 Å². The summed E-state index contributed by atoms with van der Waals surface area (Å²) in [7, 11) is 3.78. The third-order valence-corrected chi connectivity index (χ3v) is 3.47. The van der Waals surface area contributed by atoms with E-state index in [2.05, 4.69) is 5.32 Å². The van der Waals surface area contributed by atoms with Crippen molar-refractivity contribution < 1.29 is 9.90 Å². The van der Waals surface area contributed by atoms with E-state index in [1.807, 2.05) is 64.0 Å². The van der Waals surface area contributed by atoms with Crippen molar-refractivity contribution in [2.45, 2.75) is 32.9 Å². The molecule has 0 aliphatic rings. The van der Waals surface area contributed by atoms with Gasteiger partial charge in [0.2, 0.25) is 5.91 Å². The van der Waals surface area contributed by atoms with Crippen molar-refractivity contribution >= 4 is 5.91 Å². The molecule has 4 nitrogen and oxygen atoms in total. The number of nitrogens with zero attached hydrogens (tertiary/aromatic N) is 1. The van der Waals surface area contributed by atoms with Gasteiger partial charge in [-0.1, -0.05) is 38.1 Å². The minimum absolute atomic E-state index is 0.0439. The van der Waals surface area contributed by atoms with Crippen molar-refractivity contribution in [3.63, 3.8) is 0 Å². The Balaban J connectivity index is 2.63. The van der Waals surface area contributed by atoms with Crippen molar-refractivity contribution in [2.75, 3.05) is 20.6 Å². The fourth-order valence-corrected chi connectivity index (χ4v) is 2.51. The van der Waals surface area contributed by atoms with Crippen molar-refractivity contribution in [3.8, 4) is 0 Å². The number of aryl methyl sites for hydroxylation is 1. The van der Waals surface area contributed by atoms with Crippen LogP contribution in [-0.4, -0.2) is 42.6 Å². The zero-order valence-electron chi connectivity index (χ0n) is 13.1. The standard InChI is InChI=1S/C16H26N2O2/c1-11(2)15(18(4)5)16(20)17-10-14(19)13-9-7-6-8-12(13)3/h6-9,11,14-15,19H,10H2,1-5H3,(H,17,20). The van der Waals surface area contributed by atoms with Crippen LogP contribution in [0, 0.1) is 12.8 Å². The number of aliphatic hydroxyl groups is 1. The molecule has 2 atom stereocenters. The van der Waals surface area contributed by atoms with Gasteiger partial charge in [0.25, 0.3) is 0 Å². The number of likely N-dealkylation sites (N-methyl/N-ethyl adjacent to an activating group) is 1. The summed E-state index contributed by atoms with van der Waals surface area (Å²) in [5.41, 5.74) is 1.89. The monoisotopic (exact) mass is 278 g/mol. The van der Waals surface area contributed by atoms with Gasteiger partial charge in [0, 0.05) is 6.54 Å². The molecule has 1 aromatic carbocycles. The van der Waals surface area contributed by atoms with E-state index in [-0.39, 0.29) is 24.4 Å². The Morgan fingerprint density at radius 2 is 1.90 bits per heavy atom. The highest BCUT2D eigenvalue weighted by molar-refractivity contribution is 5.82. The molecule has 0 aromatic heterocycles. The molecule has 2 unspecified atom stereocenters. The smallest absolute Gasteiger partial charge is 0.237 e. The van der Waals surface area contributed by atoms with Gasteiger partial charge in [-0.25, -0.2) is 0 Å². The average Bonchev–Trinajstić information content (AvgIpc) is 2.35. The molecule has 0 aliphatic heterocycles. The summed E-state index contributed by atoms with van der Waals surface area (Å²) >= 11 is 0. The van der Waals surface area contributed by atoms with Gasteiger partial charge in [0.05, 0.1) is 12.1 Å². The molecule has 0 radical (unpaired) electrons. The first-order chi connectivity index (χ1) is 9.34. The summed E-state index contributed by atoms with van der Waals surface area (Å²) in [4.78, 5) is 14.1. The molecule has 1 aromatic rings. The Labute approximate surface area is 121 Å². The zero-order valence-corrected chi connectivity index (χ0v) is 13.1. The largest absolute Gasteiger partial charge is 0.387 e. The minimum atomic E-state index is -0.671. The number of hydrogen-bond donors (Lipinski definition) is 2. The van der Waals surface area contributed by atoms with Crippen LogP contribution in [0.2, 0.25) is 0 Å². The van der Waals surface area contributed by atoms with E-state index in [0.29, 0.717) is 0 Å². The molecule has 0 spiro atoms. The summed E-state index contributed by atoms with van der Waals surface area (Å²) in [5.74, 6) is 0.179. The fraction of sp³-hybridized carbons (Fsp3) is 0.562. The number of rotatable bonds is 6. The van der Waals surface area contributed by atoms with Gasteiger partial charge in [-0.3, -0.25) is 9.69 Å². The van der Waals surface area contributed by atoms with Gasteiger partial charge in [0.1, 0.15) is 0 Å². The number of carbonyl (C=O) groups excluding carboxylic acids is 1. The van der Waals surface area contributed by atoms with Crippen LogP contribution in [0.5, 0.6) is 0 Å². The van der Waals surface area contributed by atoms with Crippen LogP contribution in [0.15, 0.2) is 24.3 Å². The Bertz CT molecular complexity index is 436. The van der Waals surface area contributed by atoms with Crippen LogP contribution in [0.1, 0.15) is 31.1 Å². The van der Waals surface area contributed by atoms with Gasteiger partial charge in [0.15, 0.2) is 0 Å². The van der Waals surface area contributed by atoms with E-state index in [4.69, 9.17) is 0 Å². The molecule has 0 aliphatic carbocycles. The Hall–Kier alpha value is -1.39. The highest BCUT2D eigenvalue weighted by atomic mass is 16.3. The SMILES string of the molecule is Cc1ccccc1C(O)CNC(=O)C(C(C)C)N(C)C. The normalized spacial score (nSPS) is 14.4. The van der Waals surface area contributed by atoms with Crippen molar-refractivity contribution in [3.05, 3.63) is 35.4 Å². The van der Waals surface area contributed by atoms with E-state index in [1.54, 1.807) is 0 Å². The first-order valence-corrected chi connectivity index (χ1v) is 7.02. The van der Waals surface area contributed by atoms with Crippen LogP contribution >= 0.6 is 0 Å². The Morgan fingerprint density at radius 1 is 1.30 bits per heavy atom. The maximum absolute atomic E-state index is 12.2. The molecule has 0 saturated heterocycles. The molecular formula is C16H26N2O2. The maximum Gasteiger partial charge on any atom is 0.237 e. The highest BCUT2D eigenvalue weighted by Crippen LogP contribution is 2.16. The number of aliphatic hydroxyl groups excluding tert-OH is 1. The summed E-state index contributed by atoms with van der Waals surface area (Å²) in [6.07, 6.45) is -0.671. The maximum atomic E-state index is 12.2. The second-order valence-corrected chi connectivity index (χ2v) is 5.77. The van der Waals surface area contributed by atoms with Gasteiger partial charge in [-0.15, -0.1) is 0 Å². The van der Waals surface area contributed by atoms with E-state index < -0.39 is 6.10 Å². The minimum Gasteiger partial charge on any atom is -0.387 e. The predicted molar refractivity (Wildman–Crippen MR) is 81.5 cm³/mol. The number of amides is 1. The lowest BCUT2D eigenvalue weighted by Crippen LogP contribution is -2.47. The molecule has 0 fully saturated rings. The molecule has 0 heterocycles. The van der Waals surface area contributed by atoms with Crippen LogP contribution < -0.4 is 5.32 Å². The van der Waals surface area contributed by atoms with Gasteiger partial charge >= 0.3 is 0 Å². The number of benzene rings is 1. The summed E-state index contributed by atoms with van der Waals surface area (Å²) in [5, 5.41) is 13.0. The molecule has 1 amide bonds. The lowest BCUT2D eigenvalue weighted by Gasteiger charge is -2.27. The first-order valence-electron chi connectivity index (χ1n) is 7.02. The number of nitrogens with one attached hydrogen (secondary N) is 1. The second-order valence-electron chi connectivity index (χ2n) is 5.77. The summed E-state index contributed by atoms with van der Waals surface area (Å²) < 4.78 is 0. The van der Waals surface area contributed by atoms with E-state index in [9.17, 15) is 9.90 Å². The van der Waals surface area contributed by atoms with Crippen molar-refractivity contribution in [2.24, 2.45) is 5.92 Å². The van der Waals surface area contributed by atoms with Crippen LogP contribution in [0.3, 0.4) is 0 Å². The van der Waals surface area contributed by atoms with Crippen molar-refractivity contribution in [1.82, 2.24) is 10.2 Å². The van der Waals surface area contributed by atoms with Crippen LogP contribution in [-0.2, 0) is 4.79 Å². The molecule has 0 bridgehead atoms. The zero-order chi connectivity index (χ0) is 15.3. The first kappa shape index (κ1) is 16.7. The molecule has 0 saturated carbocycles. The molecule has 20 heavy (non-hydrogen) atoms. The van der Waals surface area contributed by atoms with Crippen LogP contribution in [0.4, 0.5) is 0 Å². The Kier molecular flexibility index (Phi) is 6.17. The van der Waals surface area contributed by atoms with Gasteiger partial charge in [-0.2, -0.15) is 0 Å². The predicted octanol–water partition coefficient (Wildman–Crippen LogP) is 1.73.